The van der Waals surface area contributed by atoms with Crippen molar-refractivity contribution in [3.05, 3.63) is 76.9 Å². The van der Waals surface area contributed by atoms with Crippen LogP contribution in [-0.4, -0.2) is 4.57 Å². The van der Waals surface area contributed by atoms with E-state index in [-0.39, 0.29) is 10.8 Å². The molecule has 2 heteroatoms. The minimum absolute atomic E-state index is 0.0919. The third kappa shape index (κ3) is 3.29. The highest BCUT2D eigenvalue weighted by atomic mass is 15.0. The summed E-state index contributed by atoms with van der Waals surface area (Å²) in [5, 5.41) is 11.9. The molecule has 0 radical (unpaired) electrons. The smallest absolute Gasteiger partial charge is 0.0991 e. The summed E-state index contributed by atoms with van der Waals surface area (Å²) >= 11 is 0. The number of hydrogen-bond donors (Lipinski definition) is 0. The van der Waals surface area contributed by atoms with Gasteiger partial charge in [0.2, 0.25) is 0 Å². The average Bonchev–Trinajstić information content (AvgIpc) is 2.99. The molecule has 1 heterocycles. The first kappa shape index (κ1) is 20.2. The molecule has 0 aliphatic carbocycles. The first-order chi connectivity index (χ1) is 14.0. The van der Waals surface area contributed by atoms with Gasteiger partial charge in [-0.05, 0) is 76.9 Å². The molecule has 1 aromatic heterocycles. The summed E-state index contributed by atoms with van der Waals surface area (Å²) in [4.78, 5) is 0. The molecule has 152 valence electrons. The molecule has 30 heavy (non-hydrogen) atoms. The molecule has 4 aromatic rings. The fourth-order valence-corrected chi connectivity index (χ4v) is 4.19. The van der Waals surface area contributed by atoms with Gasteiger partial charge >= 0.3 is 0 Å². The van der Waals surface area contributed by atoms with Gasteiger partial charge in [-0.25, -0.2) is 0 Å². The Balaban J connectivity index is 2.13. The van der Waals surface area contributed by atoms with E-state index in [1.165, 1.54) is 32.9 Å². The molecule has 2 nitrogen and oxygen atoms in total. The molecule has 0 aliphatic rings. The summed E-state index contributed by atoms with van der Waals surface area (Å²) in [7, 11) is 0. The van der Waals surface area contributed by atoms with Crippen LogP contribution in [0.1, 0.15) is 63.8 Å². The zero-order chi connectivity index (χ0) is 21.8. The standard InChI is InChI=1S/C28H30N2/c1-18-14-19(17-29)8-11-24(18)30-25-12-9-20(27(2,3)4)15-22(25)23-16-21(28(5,6)7)10-13-26(23)30/h8-16H,1-7H3. The molecule has 0 N–H and O–H groups in total. The van der Waals surface area contributed by atoms with E-state index >= 15 is 0 Å². The molecule has 0 atom stereocenters. The van der Waals surface area contributed by atoms with Crippen LogP contribution in [-0.2, 0) is 10.8 Å². The maximum absolute atomic E-state index is 9.28. The minimum atomic E-state index is 0.0919. The lowest BCUT2D eigenvalue weighted by molar-refractivity contribution is 0.590. The predicted molar refractivity (Wildman–Crippen MR) is 128 cm³/mol. The van der Waals surface area contributed by atoms with Crippen molar-refractivity contribution in [3.8, 4) is 11.8 Å². The van der Waals surface area contributed by atoms with Gasteiger partial charge in [-0.15, -0.1) is 0 Å². The van der Waals surface area contributed by atoms with E-state index in [1.807, 2.05) is 12.1 Å². The number of aryl methyl sites for hydroxylation is 1. The Bertz CT molecular complexity index is 1240. The molecule has 0 saturated heterocycles. The topological polar surface area (TPSA) is 28.7 Å². The van der Waals surface area contributed by atoms with Gasteiger partial charge in [-0.3, -0.25) is 0 Å². The molecule has 4 rings (SSSR count). The second-order valence-corrected chi connectivity index (χ2v) is 10.4. The van der Waals surface area contributed by atoms with Crippen molar-refractivity contribution in [2.45, 2.75) is 59.3 Å². The van der Waals surface area contributed by atoms with Gasteiger partial charge in [0.1, 0.15) is 0 Å². The van der Waals surface area contributed by atoms with E-state index in [0.29, 0.717) is 5.56 Å². The van der Waals surface area contributed by atoms with E-state index in [2.05, 4.69) is 102 Å². The van der Waals surface area contributed by atoms with Gasteiger partial charge in [0.25, 0.3) is 0 Å². The van der Waals surface area contributed by atoms with E-state index in [0.717, 1.165) is 11.3 Å². The summed E-state index contributed by atoms with van der Waals surface area (Å²) in [6, 6.07) is 21.9. The maximum atomic E-state index is 9.28. The van der Waals surface area contributed by atoms with E-state index in [1.54, 1.807) is 0 Å². The van der Waals surface area contributed by atoms with Crippen molar-refractivity contribution in [2.75, 3.05) is 0 Å². The lowest BCUT2D eigenvalue weighted by Crippen LogP contribution is -2.10. The monoisotopic (exact) mass is 394 g/mol. The van der Waals surface area contributed by atoms with E-state index < -0.39 is 0 Å². The van der Waals surface area contributed by atoms with Crippen LogP contribution < -0.4 is 0 Å². The fourth-order valence-electron chi connectivity index (χ4n) is 4.19. The number of hydrogen-bond acceptors (Lipinski definition) is 1. The molecule has 0 aliphatic heterocycles. The van der Waals surface area contributed by atoms with Crippen molar-refractivity contribution in [1.82, 2.24) is 4.57 Å². The highest BCUT2D eigenvalue weighted by Gasteiger charge is 2.21. The molecular weight excluding hydrogens is 364 g/mol. The zero-order valence-electron chi connectivity index (χ0n) is 19.1. The molecule has 3 aromatic carbocycles. The van der Waals surface area contributed by atoms with Crippen molar-refractivity contribution < 1.29 is 0 Å². The Morgan fingerprint density at radius 2 is 1.20 bits per heavy atom. The predicted octanol–water partition coefficient (Wildman–Crippen LogP) is 7.56. The Kier molecular flexibility index (Phi) is 4.55. The van der Waals surface area contributed by atoms with Crippen molar-refractivity contribution in [2.24, 2.45) is 0 Å². The van der Waals surface area contributed by atoms with Crippen LogP contribution in [0.5, 0.6) is 0 Å². The van der Waals surface area contributed by atoms with E-state index in [4.69, 9.17) is 0 Å². The van der Waals surface area contributed by atoms with Crippen LogP contribution in [0.2, 0.25) is 0 Å². The molecule has 0 bridgehead atoms. The molecular formula is C28H30N2. The highest BCUT2D eigenvalue weighted by molar-refractivity contribution is 6.10. The number of aromatic nitrogens is 1. The Morgan fingerprint density at radius 3 is 1.60 bits per heavy atom. The zero-order valence-corrected chi connectivity index (χ0v) is 19.1. The normalized spacial score (nSPS) is 12.5. The number of fused-ring (bicyclic) bond motifs is 3. The fraction of sp³-hybridized carbons (Fsp3) is 0.321. The quantitative estimate of drug-likeness (QED) is 0.327. The first-order valence-corrected chi connectivity index (χ1v) is 10.6. The summed E-state index contributed by atoms with van der Waals surface area (Å²) < 4.78 is 2.35. The number of rotatable bonds is 1. The van der Waals surface area contributed by atoms with Gasteiger partial charge in [0.15, 0.2) is 0 Å². The first-order valence-electron chi connectivity index (χ1n) is 10.6. The second kappa shape index (κ2) is 6.74. The largest absolute Gasteiger partial charge is 0.309 e. The van der Waals surface area contributed by atoms with Crippen LogP contribution in [0.25, 0.3) is 27.5 Å². The van der Waals surface area contributed by atoms with Crippen LogP contribution >= 0.6 is 0 Å². The van der Waals surface area contributed by atoms with Gasteiger partial charge in [0, 0.05) is 16.5 Å². The summed E-state index contributed by atoms with van der Waals surface area (Å²) in [6.07, 6.45) is 0. The highest BCUT2D eigenvalue weighted by Crippen LogP contribution is 2.38. The second-order valence-electron chi connectivity index (χ2n) is 10.4. The van der Waals surface area contributed by atoms with Gasteiger partial charge in [-0.1, -0.05) is 53.7 Å². The Hall–Kier alpha value is -3.05. The molecule has 0 fully saturated rings. The minimum Gasteiger partial charge on any atom is -0.309 e. The van der Waals surface area contributed by atoms with Crippen LogP contribution in [0.3, 0.4) is 0 Å². The molecule has 0 unspecified atom stereocenters. The van der Waals surface area contributed by atoms with Crippen LogP contribution in [0, 0.1) is 18.3 Å². The van der Waals surface area contributed by atoms with Gasteiger partial charge < -0.3 is 4.57 Å². The van der Waals surface area contributed by atoms with Crippen molar-refractivity contribution in [1.29, 1.82) is 5.26 Å². The Morgan fingerprint density at radius 1 is 0.700 bits per heavy atom. The molecule has 0 saturated carbocycles. The van der Waals surface area contributed by atoms with Gasteiger partial charge in [0.05, 0.1) is 22.7 Å². The summed E-state index contributed by atoms with van der Waals surface area (Å²) in [5.41, 5.74) is 8.20. The maximum Gasteiger partial charge on any atom is 0.0991 e. The summed E-state index contributed by atoms with van der Waals surface area (Å²) in [5.74, 6) is 0. The van der Waals surface area contributed by atoms with Crippen LogP contribution in [0.15, 0.2) is 54.6 Å². The third-order valence-electron chi connectivity index (χ3n) is 6.06. The van der Waals surface area contributed by atoms with Crippen LogP contribution in [0.4, 0.5) is 0 Å². The van der Waals surface area contributed by atoms with E-state index in [9.17, 15) is 5.26 Å². The van der Waals surface area contributed by atoms with Crippen molar-refractivity contribution >= 4 is 21.8 Å². The lowest BCUT2D eigenvalue weighted by atomic mass is 9.85. The average molecular weight is 395 g/mol. The number of benzene rings is 3. The molecule has 0 spiro atoms. The lowest BCUT2D eigenvalue weighted by Gasteiger charge is -2.19. The third-order valence-corrected chi connectivity index (χ3v) is 6.06. The van der Waals surface area contributed by atoms with Crippen molar-refractivity contribution in [3.63, 3.8) is 0 Å². The van der Waals surface area contributed by atoms with Gasteiger partial charge in [-0.2, -0.15) is 5.26 Å². The summed E-state index contributed by atoms with van der Waals surface area (Å²) in [6.45, 7) is 15.7. The number of nitrogens with zero attached hydrogens (tertiary/aromatic N) is 2. The SMILES string of the molecule is Cc1cc(C#N)ccc1-n1c2ccc(C(C)(C)C)cc2c2cc(C(C)(C)C)ccc21. The Labute approximate surface area is 179 Å². The molecule has 0 amide bonds. The number of nitriles is 1.